The molecule has 0 fully saturated rings. The van der Waals surface area contributed by atoms with Gasteiger partial charge in [0.2, 0.25) is 0 Å². The predicted molar refractivity (Wildman–Crippen MR) is 90.4 cm³/mol. The molecule has 1 heterocycles. The fourth-order valence-corrected chi connectivity index (χ4v) is 2.67. The van der Waals surface area contributed by atoms with Crippen molar-refractivity contribution >= 4 is 22.4 Å². The van der Waals surface area contributed by atoms with Gasteiger partial charge in [-0.1, -0.05) is 23.7 Å². The molecule has 0 spiro atoms. The van der Waals surface area contributed by atoms with Crippen LogP contribution in [0.15, 0.2) is 48.7 Å². The molecule has 5 heteroatoms. The number of nitrogens with zero attached hydrogens (tertiary/aromatic N) is 1. The number of pyridine rings is 1. The van der Waals surface area contributed by atoms with E-state index in [1.807, 2.05) is 18.2 Å². The van der Waals surface area contributed by atoms with Crippen molar-refractivity contribution in [1.29, 1.82) is 0 Å². The van der Waals surface area contributed by atoms with E-state index in [4.69, 9.17) is 21.1 Å². The summed E-state index contributed by atoms with van der Waals surface area (Å²) in [5.41, 5.74) is 1.29. The number of aliphatic hydroxyl groups is 1. The Balaban J connectivity index is 2.15. The summed E-state index contributed by atoms with van der Waals surface area (Å²) in [6, 6.07) is 12.6. The summed E-state index contributed by atoms with van der Waals surface area (Å²) in [6.45, 7) is 0. The van der Waals surface area contributed by atoms with E-state index in [1.165, 1.54) is 0 Å². The number of aliphatic hydroxyl groups excluding tert-OH is 1. The summed E-state index contributed by atoms with van der Waals surface area (Å²) in [5, 5.41) is 13.0. The average molecular weight is 330 g/mol. The van der Waals surface area contributed by atoms with E-state index in [2.05, 4.69) is 4.98 Å². The minimum Gasteiger partial charge on any atom is -0.493 e. The first-order chi connectivity index (χ1) is 11.1. The first-order valence-electron chi connectivity index (χ1n) is 7.08. The number of halogens is 1. The third kappa shape index (κ3) is 2.96. The molecule has 0 saturated heterocycles. The number of hydrogen-bond acceptors (Lipinski definition) is 4. The molecular weight excluding hydrogens is 314 g/mol. The molecule has 0 saturated carbocycles. The van der Waals surface area contributed by atoms with E-state index in [-0.39, 0.29) is 0 Å². The van der Waals surface area contributed by atoms with Crippen LogP contribution in [-0.2, 0) is 0 Å². The van der Waals surface area contributed by atoms with Crippen LogP contribution in [0.3, 0.4) is 0 Å². The Kier molecular flexibility index (Phi) is 4.37. The van der Waals surface area contributed by atoms with Crippen LogP contribution in [0.25, 0.3) is 10.8 Å². The monoisotopic (exact) mass is 329 g/mol. The van der Waals surface area contributed by atoms with E-state index in [1.54, 1.807) is 44.7 Å². The van der Waals surface area contributed by atoms with Gasteiger partial charge in [0.25, 0.3) is 0 Å². The highest BCUT2D eigenvalue weighted by Gasteiger charge is 2.17. The largest absolute Gasteiger partial charge is 0.493 e. The summed E-state index contributed by atoms with van der Waals surface area (Å²) < 4.78 is 10.7. The van der Waals surface area contributed by atoms with Crippen molar-refractivity contribution in [3.8, 4) is 11.5 Å². The van der Waals surface area contributed by atoms with Crippen molar-refractivity contribution < 1.29 is 14.6 Å². The summed E-state index contributed by atoms with van der Waals surface area (Å²) in [7, 11) is 3.17. The summed E-state index contributed by atoms with van der Waals surface area (Å²) in [6.07, 6.45) is 0.817. The number of ether oxygens (including phenoxy) is 2. The Morgan fingerprint density at radius 2 is 1.65 bits per heavy atom. The Hall–Kier alpha value is -2.30. The van der Waals surface area contributed by atoms with Gasteiger partial charge in [-0.3, -0.25) is 4.98 Å². The van der Waals surface area contributed by atoms with Gasteiger partial charge in [0.1, 0.15) is 6.10 Å². The van der Waals surface area contributed by atoms with E-state index in [0.29, 0.717) is 22.2 Å². The SMILES string of the molecule is COc1cc2ccnc([C@H](O)c3ccc(Cl)cc3)c2cc1OC. The second kappa shape index (κ2) is 6.44. The Labute approximate surface area is 139 Å². The molecule has 0 aliphatic rings. The maximum atomic E-state index is 10.7. The molecule has 3 rings (SSSR count). The van der Waals surface area contributed by atoms with Crippen LogP contribution in [0, 0.1) is 0 Å². The molecule has 0 unspecified atom stereocenters. The van der Waals surface area contributed by atoms with E-state index in [9.17, 15) is 5.11 Å². The third-order valence-corrected chi connectivity index (χ3v) is 4.00. The molecule has 1 aromatic heterocycles. The van der Waals surface area contributed by atoms with Gasteiger partial charge in [-0.2, -0.15) is 0 Å². The Morgan fingerprint density at radius 3 is 2.30 bits per heavy atom. The maximum Gasteiger partial charge on any atom is 0.161 e. The number of fused-ring (bicyclic) bond motifs is 1. The van der Waals surface area contributed by atoms with Gasteiger partial charge in [-0.05, 0) is 41.3 Å². The summed E-state index contributed by atoms with van der Waals surface area (Å²) in [4.78, 5) is 4.36. The standard InChI is InChI=1S/C18H16ClNO3/c1-22-15-9-12-7-8-20-17(14(12)10-16(15)23-2)18(21)11-3-5-13(19)6-4-11/h3-10,18,21H,1-2H3/t18-/m1/s1. The number of methoxy groups -OCH3 is 2. The molecule has 0 amide bonds. The van der Waals surface area contributed by atoms with Crippen LogP contribution < -0.4 is 9.47 Å². The second-order valence-electron chi connectivity index (χ2n) is 5.08. The van der Waals surface area contributed by atoms with Crippen molar-refractivity contribution in [3.63, 3.8) is 0 Å². The van der Waals surface area contributed by atoms with Gasteiger partial charge >= 0.3 is 0 Å². The Bertz CT molecular complexity index is 834. The molecule has 2 aromatic carbocycles. The molecule has 3 aromatic rings. The molecule has 118 valence electrons. The molecular formula is C18H16ClNO3. The second-order valence-corrected chi connectivity index (χ2v) is 5.52. The number of benzene rings is 2. The van der Waals surface area contributed by atoms with Crippen LogP contribution in [-0.4, -0.2) is 24.3 Å². The van der Waals surface area contributed by atoms with Crippen LogP contribution in [0.4, 0.5) is 0 Å². The van der Waals surface area contributed by atoms with Crippen molar-refractivity contribution in [2.75, 3.05) is 14.2 Å². The zero-order chi connectivity index (χ0) is 16.4. The fourth-order valence-electron chi connectivity index (χ4n) is 2.54. The van der Waals surface area contributed by atoms with Crippen molar-refractivity contribution in [3.05, 3.63) is 64.9 Å². The van der Waals surface area contributed by atoms with Gasteiger partial charge in [0.05, 0.1) is 19.9 Å². The maximum absolute atomic E-state index is 10.7. The summed E-state index contributed by atoms with van der Waals surface area (Å²) >= 11 is 5.90. The molecule has 0 radical (unpaired) electrons. The number of aromatic nitrogens is 1. The minimum atomic E-state index is -0.853. The number of rotatable bonds is 4. The molecule has 4 nitrogen and oxygen atoms in total. The zero-order valence-electron chi connectivity index (χ0n) is 12.8. The smallest absolute Gasteiger partial charge is 0.161 e. The van der Waals surface area contributed by atoms with Gasteiger partial charge < -0.3 is 14.6 Å². The average Bonchev–Trinajstić information content (AvgIpc) is 2.60. The highest BCUT2D eigenvalue weighted by Crippen LogP contribution is 2.35. The lowest BCUT2D eigenvalue weighted by Crippen LogP contribution is -2.03. The first kappa shape index (κ1) is 15.6. The molecule has 0 aliphatic heterocycles. The van der Waals surface area contributed by atoms with E-state index < -0.39 is 6.10 Å². The van der Waals surface area contributed by atoms with Crippen molar-refractivity contribution in [1.82, 2.24) is 4.98 Å². The lowest BCUT2D eigenvalue weighted by Gasteiger charge is -2.15. The molecule has 0 bridgehead atoms. The third-order valence-electron chi connectivity index (χ3n) is 3.74. The quantitative estimate of drug-likeness (QED) is 0.786. The summed E-state index contributed by atoms with van der Waals surface area (Å²) in [5.74, 6) is 1.23. The zero-order valence-corrected chi connectivity index (χ0v) is 13.5. The van der Waals surface area contributed by atoms with Gasteiger partial charge in [0, 0.05) is 16.6 Å². The van der Waals surface area contributed by atoms with Gasteiger partial charge in [-0.15, -0.1) is 0 Å². The topological polar surface area (TPSA) is 51.6 Å². The highest BCUT2D eigenvalue weighted by atomic mass is 35.5. The Morgan fingerprint density at radius 1 is 1.00 bits per heavy atom. The van der Waals surface area contributed by atoms with Gasteiger partial charge in [-0.25, -0.2) is 0 Å². The van der Waals surface area contributed by atoms with Crippen LogP contribution >= 0.6 is 11.6 Å². The van der Waals surface area contributed by atoms with E-state index >= 15 is 0 Å². The molecule has 23 heavy (non-hydrogen) atoms. The highest BCUT2D eigenvalue weighted by molar-refractivity contribution is 6.30. The number of hydrogen-bond donors (Lipinski definition) is 1. The lowest BCUT2D eigenvalue weighted by molar-refractivity contribution is 0.217. The van der Waals surface area contributed by atoms with E-state index in [0.717, 1.165) is 16.3 Å². The van der Waals surface area contributed by atoms with Crippen LogP contribution in [0.5, 0.6) is 11.5 Å². The normalized spacial score (nSPS) is 12.2. The van der Waals surface area contributed by atoms with Crippen LogP contribution in [0.2, 0.25) is 5.02 Å². The van der Waals surface area contributed by atoms with Gasteiger partial charge in [0.15, 0.2) is 11.5 Å². The predicted octanol–water partition coefficient (Wildman–Crippen LogP) is 3.99. The van der Waals surface area contributed by atoms with Crippen molar-refractivity contribution in [2.24, 2.45) is 0 Å². The molecule has 0 aliphatic carbocycles. The van der Waals surface area contributed by atoms with Crippen LogP contribution in [0.1, 0.15) is 17.4 Å². The minimum absolute atomic E-state index is 0.561. The molecule has 1 atom stereocenters. The fraction of sp³-hybridized carbons (Fsp3) is 0.167. The lowest BCUT2D eigenvalue weighted by atomic mass is 10.0. The van der Waals surface area contributed by atoms with Crippen molar-refractivity contribution in [2.45, 2.75) is 6.10 Å². The molecule has 1 N–H and O–H groups in total. The first-order valence-corrected chi connectivity index (χ1v) is 7.46.